The van der Waals surface area contributed by atoms with Crippen molar-refractivity contribution in [1.29, 1.82) is 0 Å². The fourth-order valence-corrected chi connectivity index (χ4v) is 2.31. The van der Waals surface area contributed by atoms with E-state index in [0.717, 1.165) is 17.7 Å². The Labute approximate surface area is 123 Å². The Morgan fingerprint density at radius 2 is 1.85 bits per heavy atom. The van der Waals surface area contributed by atoms with E-state index in [1.807, 2.05) is 19.1 Å². The van der Waals surface area contributed by atoms with Crippen molar-refractivity contribution in [3.8, 4) is 5.75 Å². The molecule has 0 saturated heterocycles. The van der Waals surface area contributed by atoms with E-state index in [2.05, 4.69) is 15.9 Å². The normalized spacial score (nSPS) is 10.4. The third kappa shape index (κ3) is 3.22. The number of carbonyl (C=O) groups is 1. The lowest BCUT2D eigenvalue weighted by atomic mass is 10.1. The second-order valence-corrected chi connectivity index (χ2v) is 5.10. The molecule has 20 heavy (non-hydrogen) atoms. The van der Waals surface area contributed by atoms with Crippen LogP contribution < -0.4 is 4.74 Å². The van der Waals surface area contributed by atoms with Crippen molar-refractivity contribution in [1.82, 2.24) is 0 Å². The molecular weight excluding hydrogens is 330 g/mol. The van der Waals surface area contributed by atoms with Crippen LogP contribution in [0.3, 0.4) is 0 Å². The Morgan fingerprint density at radius 1 is 1.20 bits per heavy atom. The molecule has 0 aromatic heterocycles. The third-order valence-electron chi connectivity index (χ3n) is 2.69. The van der Waals surface area contributed by atoms with Crippen LogP contribution in [0.15, 0.2) is 40.9 Å². The highest BCUT2D eigenvalue weighted by atomic mass is 79.9. The number of hydrogen-bond donors (Lipinski definition) is 0. The van der Waals surface area contributed by atoms with Crippen molar-refractivity contribution in [2.75, 3.05) is 6.61 Å². The number of hydrogen-bond acceptors (Lipinski definition) is 2. The van der Waals surface area contributed by atoms with E-state index in [-0.39, 0.29) is 0 Å². The molecule has 0 unspecified atom stereocenters. The number of halogens is 3. The molecule has 0 radical (unpaired) electrons. The number of benzene rings is 2. The minimum Gasteiger partial charge on any atom is -0.484 e. The average Bonchev–Trinajstić information content (AvgIpc) is 2.37. The Morgan fingerprint density at radius 3 is 2.45 bits per heavy atom. The predicted octanol–water partition coefficient (Wildman–Crippen LogP) is 4.30. The summed E-state index contributed by atoms with van der Waals surface area (Å²) in [5.74, 6) is -2.07. The summed E-state index contributed by atoms with van der Waals surface area (Å²) in [6.07, 6.45) is 0. The fraction of sp³-hybridized carbons (Fsp3) is 0.133. The largest absolute Gasteiger partial charge is 0.484 e. The summed E-state index contributed by atoms with van der Waals surface area (Å²) in [5, 5.41) is 0. The van der Waals surface area contributed by atoms with E-state index in [9.17, 15) is 13.6 Å². The lowest BCUT2D eigenvalue weighted by molar-refractivity contribution is 0.0912. The third-order valence-corrected chi connectivity index (χ3v) is 3.31. The average molecular weight is 341 g/mol. The van der Waals surface area contributed by atoms with Gasteiger partial charge in [0.15, 0.2) is 6.61 Å². The number of Topliss-reactive ketones (excluding diaryl/α,β-unsaturated/α-hetero) is 1. The first-order valence-electron chi connectivity index (χ1n) is 5.85. The molecule has 2 nitrogen and oxygen atoms in total. The maximum absolute atomic E-state index is 13.4. The van der Waals surface area contributed by atoms with Gasteiger partial charge in [-0.1, -0.05) is 12.1 Å². The van der Waals surface area contributed by atoms with Gasteiger partial charge in [0.2, 0.25) is 5.78 Å². The predicted molar refractivity (Wildman–Crippen MR) is 75.1 cm³/mol. The molecule has 0 aliphatic heterocycles. The summed E-state index contributed by atoms with van der Waals surface area (Å²) in [6, 6.07) is 8.61. The molecule has 0 aliphatic carbocycles. The van der Waals surface area contributed by atoms with Gasteiger partial charge >= 0.3 is 0 Å². The van der Waals surface area contributed by atoms with E-state index in [1.54, 1.807) is 6.07 Å². The first-order valence-corrected chi connectivity index (χ1v) is 6.64. The second-order valence-electron chi connectivity index (χ2n) is 4.24. The Kier molecular flexibility index (Phi) is 4.49. The van der Waals surface area contributed by atoms with E-state index >= 15 is 0 Å². The van der Waals surface area contributed by atoms with E-state index in [1.165, 1.54) is 6.07 Å². The van der Waals surface area contributed by atoms with Gasteiger partial charge in [0.05, 0.1) is 10.0 Å². The van der Waals surface area contributed by atoms with Crippen molar-refractivity contribution in [3.63, 3.8) is 0 Å². The second kappa shape index (κ2) is 6.13. The first kappa shape index (κ1) is 14.7. The minimum atomic E-state index is -0.887. The minimum absolute atomic E-state index is 0.431. The van der Waals surface area contributed by atoms with Gasteiger partial charge in [-0.15, -0.1) is 0 Å². The number of carbonyl (C=O) groups excluding carboxylic acids is 1. The molecule has 0 fully saturated rings. The highest BCUT2D eigenvalue weighted by Crippen LogP contribution is 2.26. The fourth-order valence-electron chi connectivity index (χ4n) is 1.70. The van der Waals surface area contributed by atoms with Crippen molar-refractivity contribution in [2.24, 2.45) is 0 Å². The van der Waals surface area contributed by atoms with Crippen molar-refractivity contribution < 1.29 is 18.3 Å². The molecule has 0 atom stereocenters. The zero-order valence-corrected chi connectivity index (χ0v) is 12.2. The molecule has 104 valence electrons. The summed E-state index contributed by atoms with van der Waals surface area (Å²) >= 11 is 3.30. The standard InChI is InChI=1S/C15H11BrF2O2/c1-9-5-6-14(10(16)7-9)20-8-13(19)15-11(17)3-2-4-12(15)18/h2-7H,8H2,1H3. The summed E-state index contributed by atoms with van der Waals surface area (Å²) < 4.78 is 32.8. The lowest BCUT2D eigenvalue weighted by Gasteiger charge is -2.09. The van der Waals surface area contributed by atoms with Crippen LogP contribution in [0.25, 0.3) is 0 Å². The van der Waals surface area contributed by atoms with Crippen LogP contribution in [0.1, 0.15) is 15.9 Å². The molecule has 0 saturated carbocycles. The monoisotopic (exact) mass is 340 g/mol. The number of ether oxygens (including phenoxy) is 1. The van der Waals surface area contributed by atoms with Crippen molar-refractivity contribution >= 4 is 21.7 Å². The molecule has 0 heterocycles. The summed E-state index contributed by atoms with van der Waals surface area (Å²) in [6.45, 7) is 1.48. The summed E-state index contributed by atoms with van der Waals surface area (Å²) in [5.41, 5.74) is 0.450. The van der Waals surface area contributed by atoms with Crippen LogP contribution in [0, 0.1) is 18.6 Å². The van der Waals surface area contributed by atoms with Gasteiger partial charge < -0.3 is 4.74 Å². The zero-order chi connectivity index (χ0) is 14.7. The number of rotatable bonds is 4. The molecule has 0 amide bonds. The molecule has 2 rings (SSSR count). The number of aryl methyl sites for hydroxylation is 1. The van der Waals surface area contributed by atoms with Crippen LogP contribution in [0.2, 0.25) is 0 Å². The van der Waals surface area contributed by atoms with Gasteiger partial charge in [0, 0.05) is 0 Å². The van der Waals surface area contributed by atoms with E-state index < -0.39 is 29.6 Å². The van der Waals surface area contributed by atoms with E-state index in [4.69, 9.17) is 4.74 Å². The highest BCUT2D eigenvalue weighted by molar-refractivity contribution is 9.10. The molecule has 2 aromatic carbocycles. The molecular formula is C15H11BrF2O2. The Hall–Kier alpha value is -1.75. The van der Waals surface area contributed by atoms with Crippen molar-refractivity contribution in [3.05, 3.63) is 63.6 Å². The molecule has 5 heteroatoms. The molecule has 0 spiro atoms. The quantitative estimate of drug-likeness (QED) is 0.775. The molecule has 0 N–H and O–H groups in total. The summed E-state index contributed by atoms with van der Waals surface area (Å²) in [4.78, 5) is 11.8. The maximum atomic E-state index is 13.4. The maximum Gasteiger partial charge on any atom is 0.206 e. The first-order chi connectivity index (χ1) is 9.49. The van der Waals surface area contributed by atoms with Gasteiger partial charge in [-0.3, -0.25) is 4.79 Å². The Bertz CT molecular complexity index is 636. The molecule has 0 aliphatic rings. The van der Waals surface area contributed by atoms with Crippen LogP contribution in [0.5, 0.6) is 5.75 Å². The lowest BCUT2D eigenvalue weighted by Crippen LogP contribution is -2.15. The van der Waals surface area contributed by atoms with Gasteiger partial charge in [0.25, 0.3) is 0 Å². The van der Waals surface area contributed by atoms with Gasteiger partial charge in [-0.25, -0.2) is 8.78 Å². The highest BCUT2D eigenvalue weighted by Gasteiger charge is 2.17. The SMILES string of the molecule is Cc1ccc(OCC(=O)c2c(F)cccc2F)c(Br)c1. The van der Waals surface area contributed by atoms with Crippen LogP contribution in [-0.4, -0.2) is 12.4 Å². The van der Waals surface area contributed by atoms with Gasteiger partial charge in [-0.05, 0) is 52.7 Å². The topological polar surface area (TPSA) is 26.3 Å². The molecule has 2 aromatic rings. The van der Waals surface area contributed by atoms with E-state index in [0.29, 0.717) is 10.2 Å². The van der Waals surface area contributed by atoms with Gasteiger partial charge in [-0.2, -0.15) is 0 Å². The zero-order valence-electron chi connectivity index (χ0n) is 10.6. The van der Waals surface area contributed by atoms with Crippen molar-refractivity contribution in [2.45, 2.75) is 6.92 Å². The smallest absolute Gasteiger partial charge is 0.206 e. The number of ketones is 1. The van der Waals surface area contributed by atoms with Gasteiger partial charge in [0.1, 0.15) is 17.4 Å². The van der Waals surface area contributed by atoms with Crippen LogP contribution in [0.4, 0.5) is 8.78 Å². The van der Waals surface area contributed by atoms with Crippen LogP contribution in [-0.2, 0) is 0 Å². The Balaban J connectivity index is 2.13. The summed E-state index contributed by atoms with van der Waals surface area (Å²) in [7, 11) is 0. The van der Waals surface area contributed by atoms with Crippen LogP contribution >= 0.6 is 15.9 Å². The molecule has 0 bridgehead atoms.